The van der Waals surface area contributed by atoms with E-state index in [1.807, 2.05) is 24.3 Å². The Labute approximate surface area is 95.3 Å². The van der Waals surface area contributed by atoms with Gasteiger partial charge in [0.15, 0.2) is 0 Å². The van der Waals surface area contributed by atoms with Gasteiger partial charge in [0.2, 0.25) is 0 Å². The molecule has 0 aromatic heterocycles. The van der Waals surface area contributed by atoms with Crippen LogP contribution >= 0.6 is 15.9 Å². The van der Waals surface area contributed by atoms with Crippen LogP contribution in [0.2, 0.25) is 0 Å². The molecule has 0 fully saturated rings. The maximum Gasteiger partial charge on any atom is 0.124 e. The fraction of sp³-hybridized carbons (Fsp3) is 0. The minimum absolute atomic E-state index is 0.0822. The van der Waals surface area contributed by atoms with E-state index < -0.39 is 0 Å². The highest BCUT2D eigenvalue weighted by Gasteiger charge is 2.05. The minimum Gasteiger partial charge on any atom is -0.507 e. The molecule has 3 heteroatoms. The van der Waals surface area contributed by atoms with Crippen LogP contribution in [0, 0.1) is 5.82 Å². The molecule has 0 aliphatic carbocycles. The predicted molar refractivity (Wildman–Crippen MR) is 61.2 cm³/mol. The van der Waals surface area contributed by atoms with Crippen molar-refractivity contribution in [1.29, 1.82) is 0 Å². The number of hydrogen-bond donors (Lipinski definition) is 1. The Balaban J connectivity index is 2.53. The summed E-state index contributed by atoms with van der Waals surface area (Å²) in [7, 11) is 0. The SMILES string of the molecule is Oc1ccc(F)cc1-c1ccc(Br)cc1. The highest BCUT2D eigenvalue weighted by molar-refractivity contribution is 9.10. The topological polar surface area (TPSA) is 20.2 Å². The van der Waals surface area contributed by atoms with Crippen LogP contribution in [0.15, 0.2) is 46.9 Å². The maximum atomic E-state index is 13.0. The maximum absolute atomic E-state index is 13.0. The molecular formula is C12H8BrFO. The normalized spacial score (nSPS) is 10.3. The van der Waals surface area contributed by atoms with E-state index >= 15 is 0 Å². The molecule has 0 bridgehead atoms. The second-order valence-corrected chi connectivity index (χ2v) is 4.08. The zero-order chi connectivity index (χ0) is 10.8. The molecule has 0 spiro atoms. The molecule has 0 amide bonds. The van der Waals surface area contributed by atoms with E-state index in [1.165, 1.54) is 18.2 Å². The van der Waals surface area contributed by atoms with Crippen LogP contribution in [-0.4, -0.2) is 5.11 Å². The van der Waals surface area contributed by atoms with Crippen LogP contribution in [-0.2, 0) is 0 Å². The summed E-state index contributed by atoms with van der Waals surface area (Å²) in [6.45, 7) is 0. The molecule has 0 aliphatic heterocycles. The van der Waals surface area contributed by atoms with Crippen molar-refractivity contribution in [3.63, 3.8) is 0 Å². The Bertz CT molecular complexity index is 479. The first-order chi connectivity index (χ1) is 7.16. The van der Waals surface area contributed by atoms with Gasteiger partial charge in [-0.2, -0.15) is 0 Å². The lowest BCUT2D eigenvalue weighted by Crippen LogP contribution is -1.81. The van der Waals surface area contributed by atoms with Crippen LogP contribution in [0.1, 0.15) is 0 Å². The molecule has 0 heterocycles. The molecule has 0 atom stereocenters. The van der Waals surface area contributed by atoms with Crippen molar-refractivity contribution in [1.82, 2.24) is 0 Å². The second kappa shape index (κ2) is 4.03. The van der Waals surface area contributed by atoms with Gasteiger partial charge in [-0.15, -0.1) is 0 Å². The summed E-state index contributed by atoms with van der Waals surface area (Å²) < 4.78 is 13.9. The number of rotatable bonds is 1. The molecule has 2 aromatic carbocycles. The van der Waals surface area contributed by atoms with Crippen LogP contribution in [0.5, 0.6) is 5.75 Å². The van der Waals surface area contributed by atoms with Crippen molar-refractivity contribution in [2.24, 2.45) is 0 Å². The van der Waals surface area contributed by atoms with Gasteiger partial charge in [0.1, 0.15) is 11.6 Å². The lowest BCUT2D eigenvalue weighted by molar-refractivity contribution is 0.475. The summed E-state index contributed by atoms with van der Waals surface area (Å²) in [5.74, 6) is -0.274. The van der Waals surface area contributed by atoms with Gasteiger partial charge in [-0.3, -0.25) is 0 Å². The third-order valence-corrected chi connectivity index (χ3v) is 2.64. The third kappa shape index (κ3) is 2.18. The average molecular weight is 267 g/mol. The molecule has 0 unspecified atom stereocenters. The lowest BCUT2D eigenvalue weighted by Gasteiger charge is -2.04. The van der Waals surface area contributed by atoms with E-state index in [0.717, 1.165) is 10.0 Å². The quantitative estimate of drug-likeness (QED) is 0.829. The van der Waals surface area contributed by atoms with Gasteiger partial charge in [0.25, 0.3) is 0 Å². The molecule has 0 saturated carbocycles. The van der Waals surface area contributed by atoms with E-state index in [-0.39, 0.29) is 11.6 Å². The Morgan fingerprint density at radius 2 is 1.67 bits per heavy atom. The first-order valence-electron chi connectivity index (χ1n) is 4.41. The first kappa shape index (κ1) is 10.2. The number of benzene rings is 2. The van der Waals surface area contributed by atoms with Gasteiger partial charge in [-0.05, 0) is 35.9 Å². The number of hydrogen-bond acceptors (Lipinski definition) is 1. The Kier molecular flexibility index (Phi) is 2.73. The van der Waals surface area contributed by atoms with Crippen molar-refractivity contribution in [2.75, 3.05) is 0 Å². The minimum atomic E-state index is -0.356. The van der Waals surface area contributed by atoms with E-state index in [1.54, 1.807) is 0 Å². The number of halogens is 2. The van der Waals surface area contributed by atoms with Crippen LogP contribution in [0.4, 0.5) is 4.39 Å². The molecule has 2 aromatic rings. The van der Waals surface area contributed by atoms with Gasteiger partial charge < -0.3 is 5.11 Å². The fourth-order valence-electron chi connectivity index (χ4n) is 1.37. The molecule has 15 heavy (non-hydrogen) atoms. The van der Waals surface area contributed by atoms with Crippen molar-refractivity contribution >= 4 is 15.9 Å². The molecule has 1 N–H and O–H groups in total. The molecule has 2 rings (SSSR count). The van der Waals surface area contributed by atoms with Crippen molar-refractivity contribution in [2.45, 2.75) is 0 Å². The van der Waals surface area contributed by atoms with Crippen molar-refractivity contribution < 1.29 is 9.50 Å². The fourth-order valence-corrected chi connectivity index (χ4v) is 1.63. The molecule has 0 radical (unpaired) electrons. The lowest BCUT2D eigenvalue weighted by atomic mass is 10.0. The second-order valence-electron chi connectivity index (χ2n) is 3.17. The monoisotopic (exact) mass is 266 g/mol. The summed E-state index contributed by atoms with van der Waals surface area (Å²) in [4.78, 5) is 0. The zero-order valence-electron chi connectivity index (χ0n) is 7.74. The molecular weight excluding hydrogens is 259 g/mol. The summed E-state index contributed by atoms with van der Waals surface area (Å²) >= 11 is 3.31. The van der Waals surface area contributed by atoms with E-state index in [9.17, 15) is 9.50 Å². The number of phenols is 1. The standard InChI is InChI=1S/C12H8BrFO/c13-9-3-1-8(2-4-9)11-7-10(14)5-6-12(11)15/h1-7,15H. The van der Waals surface area contributed by atoms with Crippen LogP contribution in [0.3, 0.4) is 0 Å². The Morgan fingerprint density at radius 1 is 1.00 bits per heavy atom. The van der Waals surface area contributed by atoms with Gasteiger partial charge in [0.05, 0.1) is 0 Å². The van der Waals surface area contributed by atoms with Crippen LogP contribution < -0.4 is 0 Å². The highest BCUT2D eigenvalue weighted by Crippen LogP contribution is 2.30. The zero-order valence-corrected chi connectivity index (χ0v) is 9.33. The Hall–Kier alpha value is -1.35. The van der Waals surface area contributed by atoms with E-state index in [0.29, 0.717) is 5.56 Å². The Morgan fingerprint density at radius 3 is 2.33 bits per heavy atom. The van der Waals surface area contributed by atoms with E-state index in [2.05, 4.69) is 15.9 Å². The van der Waals surface area contributed by atoms with Crippen molar-refractivity contribution in [3.8, 4) is 16.9 Å². The summed E-state index contributed by atoms with van der Waals surface area (Å²) in [5.41, 5.74) is 1.29. The van der Waals surface area contributed by atoms with Gasteiger partial charge >= 0.3 is 0 Å². The summed E-state index contributed by atoms with van der Waals surface area (Å²) in [5, 5.41) is 9.58. The number of phenolic OH excluding ortho intramolecular Hbond substituents is 1. The van der Waals surface area contributed by atoms with Crippen molar-refractivity contribution in [3.05, 3.63) is 52.8 Å². The molecule has 76 valence electrons. The first-order valence-corrected chi connectivity index (χ1v) is 5.20. The third-order valence-electron chi connectivity index (χ3n) is 2.11. The summed E-state index contributed by atoms with van der Waals surface area (Å²) in [6.07, 6.45) is 0. The average Bonchev–Trinajstić information content (AvgIpc) is 2.23. The van der Waals surface area contributed by atoms with E-state index in [4.69, 9.17) is 0 Å². The highest BCUT2D eigenvalue weighted by atomic mass is 79.9. The van der Waals surface area contributed by atoms with Gasteiger partial charge in [-0.1, -0.05) is 28.1 Å². The molecule has 0 saturated heterocycles. The molecule has 0 aliphatic rings. The predicted octanol–water partition coefficient (Wildman–Crippen LogP) is 3.96. The van der Waals surface area contributed by atoms with Gasteiger partial charge in [0, 0.05) is 10.0 Å². The molecule has 1 nitrogen and oxygen atoms in total. The van der Waals surface area contributed by atoms with Gasteiger partial charge in [-0.25, -0.2) is 4.39 Å². The van der Waals surface area contributed by atoms with Crippen LogP contribution in [0.25, 0.3) is 11.1 Å². The largest absolute Gasteiger partial charge is 0.507 e. The summed E-state index contributed by atoms with van der Waals surface area (Å²) in [6, 6.07) is 11.2. The number of aromatic hydroxyl groups is 1. The smallest absolute Gasteiger partial charge is 0.124 e.